The van der Waals surface area contributed by atoms with Crippen LogP contribution in [-0.4, -0.2) is 33.8 Å². The standard InChI is InChI=1S/C14H16N4O3S/c1-9(12(19)17-13(15)20)22-14-16-7-8-18(14)10-3-5-11(21-2)6-4-10/h3-9H,1-2H3,(H3,15,17,19,20). The van der Waals surface area contributed by atoms with E-state index in [4.69, 9.17) is 10.5 Å². The summed E-state index contributed by atoms with van der Waals surface area (Å²) in [4.78, 5) is 26.7. The highest BCUT2D eigenvalue weighted by molar-refractivity contribution is 8.00. The average molecular weight is 320 g/mol. The summed E-state index contributed by atoms with van der Waals surface area (Å²) in [5.74, 6) is 0.300. The second kappa shape index (κ2) is 6.99. The summed E-state index contributed by atoms with van der Waals surface area (Å²) in [6.07, 6.45) is 3.44. The molecular formula is C14H16N4O3S. The molecule has 3 N–H and O–H groups in total. The molecule has 116 valence electrons. The molecule has 2 aromatic rings. The molecule has 3 amide bonds. The number of imide groups is 1. The van der Waals surface area contributed by atoms with E-state index in [2.05, 4.69) is 10.3 Å². The van der Waals surface area contributed by atoms with E-state index in [0.717, 1.165) is 11.4 Å². The van der Waals surface area contributed by atoms with E-state index in [1.807, 2.05) is 28.8 Å². The van der Waals surface area contributed by atoms with Gasteiger partial charge in [0.2, 0.25) is 5.91 Å². The van der Waals surface area contributed by atoms with Gasteiger partial charge in [-0.1, -0.05) is 11.8 Å². The number of rotatable bonds is 5. The molecule has 0 radical (unpaired) electrons. The molecule has 7 nitrogen and oxygen atoms in total. The zero-order valence-corrected chi connectivity index (χ0v) is 13.0. The first kappa shape index (κ1) is 15.9. The van der Waals surface area contributed by atoms with Crippen molar-refractivity contribution >= 4 is 23.7 Å². The van der Waals surface area contributed by atoms with Gasteiger partial charge in [-0.15, -0.1) is 0 Å². The van der Waals surface area contributed by atoms with Gasteiger partial charge in [-0.3, -0.25) is 14.7 Å². The molecule has 1 atom stereocenters. The number of amides is 3. The highest BCUT2D eigenvalue weighted by Gasteiger charge is 2.18. The first-order chi connectivity index (χ1) is 10.5. The lowest BCUT2D eigenvalue weighted by Gasteiger charge is -2.12. The van der Waals surface area contributed by atoms with E-state index in [9.17, 15) is 9.59 Å². The number of imidazole rings is 1. The topological polar surface area (TPSA) is 99.2 Å². The fourth-order valence-corrected chi connectivity index (χ4v) is 2.63. The summed E-state index contributed by atoms with van der Waals surface area (Å²) >= 11 is 1.23. The number of aromatic nitrogens is 2. The van der Waals surface area contributed by atoms with Gasteiger partial charge in [0.1, 0.15) is 5.75 Å². The Bertz CT molecular complexity index is 669. The third-order valence-corrected chi connectivity index (χ3v) is 3.94. The second-order valence-corrected chi connectivity index (χ2v) is 5.70. The van der Waals surface area contributed by atoms with Crippen molar-refractivity contribution in [3.8, 4) is 11.4 Å². The summed E-state index contributed by atoms with van der Waals surface area (Å²) in [7, 11) is 1.60. The molecule has 1 aromatic heterocycles. The predicted octanol–water partition coefficient (Wildman–Crippen LogP) is 1.56. The SMILES string of the molecule is COc1ccc(-n2ccnc2SC(C)C(=O)NC(N)=O)cc1. The molecule has 2 rings (SSSR count). The number of ether oxygens (including phenoxy) is 1. The van der Waals surface area contributed by atoms with Crippen LogP contribution in [0.15, 0.2) is 41.8 Å². The number of methoxy groups -OCH3 is 1. The van der Waals surface area contributed by atoms with Crippen molar-refractivity contribution in [2.24, 2.45) is 5.73 Å². The first-order valence-electron chi connectivity index (χ1n) is 6.46. The van der Waals surface area contributed by atoms with Crippen LogP contribution in [0, 0.1) is 0 Å². The van der Waals surface area contributed by atoms with Crippen LogP contribution >= 0.6 is 11.8 Å². The predicted molar refractivity (Wildman–Crippen MR) is 83.2 cm³/mol. The number of primary amides is 1. The number of hydrogen-bond donors (Lipinski definition) is 2. The third-order valence-electron chi connectivity index (χ3n) is 2.86. The van der Waals surface area contributed by atoms with Gasteiger partial charge in [-0.25, -0.2) is 9.78 Å². The van der Waals surface area contributed by atoms with E-state index in [0.29, 0.717) is 5.16 Å². The number of benzene rings is 1. The van der Waals surface area contributed by atoms with Crippen LogP contribution in [0.4, 0.5) is 4.79 Å². The molecule has 0 aliphatic heterocycles. The Labute approximate surface area is 131 Å². The molecule has 0 bridgehead atoms. The van der Waals surface area contributed by atoms with Gasteiger partial charge in [0.25, 0.3) is 0 Å². The van der Waals surface area contributed by atoms with E-state index in [1.54, 1.807) is 26.4 Å². The fraction of sp³-hybridized carbons (Fsp3) is 0.214. The minimum atomic E-state index is -0.865. The molecule has 22 heavy (non-hydrogen) atoms. The van der Waals surface area contributed by atoms with Crippen molar-refractivity contribution in [3.05, 3.63) is 36.7 Å². The van der Waals surface area contributed by atoms with Crippen LogP contribution in [0.3, 0.4) is 0 Å². The van der Waals surface area contributed by atoms with Crippen LogP contribution in [0.5, 0.6) is 5.75 Å². The first-order valence-corrected chi connectivity index (χ1v) is 7.34. The van der Waals surface area contributed by atoms with Crippen LogP contribution in [0.1, 0.15) is 6.92 Å². The van der Waals surface area contributed by atoms with Gasteiger partial charge in [-0.05, 0) is 31.2 Å². The minimum absolute atomic E-state index is 0.457. The Morgan fingerprint density at radius 2 is 2.05 bits per heavy atom. The van der Waals surface area contributed by atoms with Gasteiger partial charge >= 0.3 is 6.03 Å². The number of nitrogens with zero attached hydrogens (tertiary/aromatic N) is 2. The number of nitrogens with two attached hydrogens (primary N) is 1. The molecule has 0 saturated carbocycles. The van der Waals surface area contributed by atoms with Gasteiger partial charge < -0.3 is 10.5 Å². The maximum absolute atomic E-state index is 11.7. The monoisotopic (exact) mass is 320 g/mol. The minimum Gasteiger partial charge on any atom is -0.497 e. The van der Waals surface area contributed by atoms with Crippen LogP contribution in [-0.2, 0) is 4.79 Å². The lowest BCUT2D eigenvalue weighted by Crippen LogP contribution is -2.39. The van der Waals surface area contributed by atoms with Crippen LogP contribution < -0.4 is 15.8 Å². The molecule has 8 heteroatoms. The molecule has 1 aromatic carbocycles. The van der Waals surface area contributed by atoms with E-state index < -0.39 is 17.2 Å². The van der Waals surface area contributed by atoms with E-state index >= 15 is 0 Å². The summed E-state index contributed by atoms with van der Waals surface area (Å²) in [5, 5.41) is 2.18. The number of nitrogens with one attached hydrogen (secondary N) is 1. The van der Waals surface area contributed by atoms with Crippen molar-refractivity contribution in [2.75, 3.05) is 7.11 Å². The Hall–Kier alpha value is -2.48. The summed E-state index contributed by atoms with van der Waals surface area (Å²) < 4.78 is 6.97. The van der Waals surface area contributed by atoms with Gasteiger partial charge in [0.05, 0.1) is 12.4 Å². The van der Waals surface area contributed by atoms with Gasteiger partial charge in [0.15, 0.2) is 5.16 Å². The maximum Gasteiger partial charge on any atom is 0.318 e. The number of hydrogen-bond acceptors (Lipinski definition) is 5. The molecule has 0 fully saturated rings. The lowest BCUT2D eigenvalue weighted by atomic mass is 10.3. The van der Waals surface area contributed by atoms with Gasteiger partial charge in [0, 0.05) is 18.1 Å². The van der Waals surface area contributed by atoms with Crippen molar-refractivity contribution in [1.29, 1.82) is 0 Å². The molecule has 0 spiro atoms. The zero-order valence-electron chi connectivity index (χ0n) is 12.1. The van der Waals surface area contributed by atoms with Crippen LogP contribution in [0.25, 0.3) is 5.69 Å². The molecule has 0 aliphatic rings. The normalized spacial score (nSPS) is 11.7. The highest BCUT2D eigenvalue weighted by atomic mass is 32.2. The van der Waals surface area contributed by atoms with E-state index in [-0.39, 0.29) is 0 Å². The average Bonchev–Trinajstić information content (AvgIpc) is 2.94. The zero-order chi connectivity index (χ0) is 16.1. The van der Waals surface area contributed by atoms with E-state index in [1.165, 1.54) is 11.8 Å². The lowest BCUT2D eigenvalue weighted by molar-refractivity contribution is -0.119. The quantitative estimate of drug-likeness (QED) is 0.814. The number of carbonyl (C=O) groups is 2. The number of carbonyl (C=O) groups excluding carboxylic acids is 2. The molecule has 1 unspecified atom stereocenters. The Morgan fingerprint density at radius 3 is 2.64 bits per heavy atom. The summed E-state index contributed by atoms with van der Waals surface area (Å²) in [5.41, 5.74) is 5.83. The maximum atomic E-state index is 11.7. The van der Waals surface area contributed by atoms with Crippen LogP contribution in [0.2, 0.25) is 0 Å². The Balaban J connectivity index is 2.15. The molecule has 1 heterocycles. The second-order valence-electron chi connectivity index (χ2n) is 4.39. The van der Waals surface area contributed by atoms with Crippen molar-refractivity contribution in [1.82, 2.24) is 14.9 Å². The largest absolute Gasteiger partial charge is 0.497 e. The molecule has 0 aliphatic carbocycles. The molecular weight excluding hydrogens is 304 g/mol. The number of thioether (sulfide) groups is 1. The van der Waals surface area contributed by atoms with Gasteiger partial charge in [-0.2, -0.15) is 0 Å². The van der Waals surface area contributed by atoms with Crippen molar-refractivity contribution < 1.29 is 14.3 Å². The Kier molecular flexibility index (Phi) is 5.05. The number of urea groups is 1. The fourth-order valence-electron chi connectivity index (χ4n) is 1.75. The highest BCUT2D eigenvalue weighted by Crippen LogP contribution is 2.25. The summed E-state index contributed by atoms with van der Waals surface area (Å²) in [6.45, 7) is 1.68. The molecule has 0 saturated heterocycles. The van der Waals surface area contributed by atoms with Crippen molar-refractivity contribution in [2.45, 2.75) is 17.3 Å². The Morgan fingerprint density at radius 1 is 1.36 bits per heavy atom. The van der Waals surface area contributed by atoms with Crippen molar-refractivity contribution in [3.63, 3.8) is 0 Å². The third kappa shape index (κ3) is 3.79. The smallest absolute Gasteiger partial charge is 0.318 e. The summed E-state index contributed by atoms with van der Waals surface area (Å²) in [6, 6.07) is 6.59.